The van der Waals surface area contributed by atoms with Crippen LogP contribution in [-0.2, 0) is 0 Å². The highest BCUT2D eigenvalue weighted by Gasteiger charge is 2.18. The number of hydrogen-bond acceptors (Lipinski definition) is 3. The number of likely N-dealkylation sites (tertiary alicyclic amines) is 1. The lowest BCUT2D eigenvalue weighted by Crippen LogP contribution is -2.33. The zero-order valence-electron chi connectivity index (χ0n) is 12.5. The quantitative estimate of drug-likeness (QED) is 0.726. The zero-order chi connectivity index (χ0) is 13.5. The van der Waals surface area contributed by atoms with E-state index in [1.165, 1.54) is 32.4 Å². The molecule has 1 aliphatic heterocycles. The molecular weight excluding hydrogens is 222 g/mol. The van der Waals surface area contributed by atoms with Crippen LogP contribution >= 0.6 is 0 Å². The highest BCUT2D eigenvalue weighted by Crippen LogP contribution is 2.20. The summed E-state index contributed by atoms with van der Waals surface area (Å²) < 4.78 is 0. The SMILES string of the molecule is CC(C)C(C#N)CN(C)CCC1CCN(C)CC1. The van der Waals surface area contributed by atoms with E-state index in [4.69, 9.17) is 5.26 Å². The van der Waals surface area contributed by atoms with Gasteiger partial charge in [-0.25, -0.2) is 0 Å². The smallest absolute Gasteiger partial charge is 0.0671 e. The van der Waals surface area contributed by atoms with Gasteiger partial charge in [0.2, 0.25) is 0 Å². The molecular formula is C15H29N3. The summed E-state index contributed by atoms with van der Waals surface area (Å²) in [6.07, 6.45) is 3.98. The summed E-state index contributed by atoms with van der Waals surface area (Å²) in [4.78, 5) is 4.76. The Hall–Kier alpha value is -0.590. The van der Waals surface area contributed by atoms with Crippen molar-refractivity contribution in [3.05, 3.63) is 0 Å². The maximum absolute atomic E-state index is 9.11. The van der Waals surface area contributed by atoms with Crippen LogP contribution in [0.3, 0.4) is 0 Å². The number of piperidine rings is 1. The molecule has 1 fully saturated rings. The van der Waals surface area contributed by atoms with Crippen molar-refractivity contribution in [1.82, 2.24) is 9.80 Å². The number of nitrogens with zero attached hydrogens (tertiary/aromatic N) is 3. The van der Waals surface area contributed by atoms with Crippen molar-refractivity contribution in [1.29, 1.82) is 5.26 Å². The normalized spacial score (nSPS) is 20.3. The monoisotopic (exact) mass is 251 g/mol. The van der Waals surface area contributed by atoms with Crippen LogP contribution in [0.2, 0.25) is 0 Å². The molecule has 3 heteroatoms. The largest absolute Gasteiger partial charge is 0.306 e. The standard InChI is InChI=1S/C15H29N3/c1-13(2)15(11-16)12-18(4)10-7-14-5-8-17(3)9-6-14/h13-15H,5-10,12H2,1-4H3. The lowest BCUT2D eigenvalue weighted by molar-refractivity contribution is 0.189. The number of nitriles is 1. The Morgan fingerprint density at radius 2 is 1.94 bits per heavy atom. The highest BCUT2D eigenvalue weighted by molar-refractivity contribution is 4.87. The van der Waals surface area contributed by atoms with Crippen molar-refractivity contribution in [3.8, 4) is 6.07 Å². The molecule has 0 aromatic carbocycles. The van der Waals surface area contributed by atoms with Crippen LogP contribution in [0.25, 0.3) is 0 Å². The third-order valence-electron chi connectivity index (χ3n) is 4.24. The van der Waals surface area contributed by atoms with E-state index in [0.717, 1.165) is 19.0 Å². The molecule has 0 aromatic heterocycles. The Labute approximate surface area is 113 Å². The molecule has 0 aliphatic carbocycles. The Morgan fingerprint density at radius 1 is 1.33 bits per heavy atom. The van der Waals surface area contributed by atoms with Crippen molar-refractivity contribution in [3.63, 3.8) is 0 Å². The van der Waals surface area contributed by atoms with Crippen LogP contribution in [-0.4, -0.2) is 50.1 Å². The summed E-state index contributed by atoms with van der Waals surface area (Å²) in [6.45, 7) is 8.83. The fraction of sp³-hybridized carbons (Fsp3) is 0.933. The van der Waals surface area contributed by atoms with Gasteiger partial charge in [-0.3, -0.25) is 0 Å². The van der Waals surface area contributed by atoms with Crippen LogP contribution in [0, 0.1) is 29.1 Å². The van der Waals surface area contributed by atoms with Crippen LogP contribution in [0.15, 0.2) is 0 Å². The Bertz CT molecular complexity index is 261. The molecule has 1 rings (SSSR count). The Balaban J connectivity index is 2.20. The topological polar surface area (TPSA) is 30.3 Å². The van der Waals surface area contributed by atoms with Gasteiger partial charge in [-0.05, 0) is 64.8 Å². The first-order valence-electron chi connectivity index (χ1n) is 7.29. The minimum absolute atomic E-state index is 0.174. The second kappa shape index (κ2) is 7.76. The molecule has 104 valence electrons. The predicted octanol–water partition coefficient (Wildman–Crippen LogP) is 2.45. The van der Waals surface area contributed by atoms with E-state index in [9.17, 15) is 0 Å². The average Bonchev–Trinajstić information content (AvgIpc) is 2.35. The van der Waals surface area contributed by atoms with E-state index < -0.39 is 0 Å². The van der Waals surface area contributed by atoms with E-state index in [0.29, 0.717) is 5.92 Å². The van der Waals surface area contributed by atoms with Crippen LogP contribution in [0.5, 0.6) is 0 Å². The lowest BCUT2D eigenvalue weighted by atomic mass is 9.93. The van der Waals surface area contributed by atoms with Gasteiger partial charge in [-0.15, -0.1) is 0 Å². The maximum atomic E-state index is 9.11. The van der Waals surface area contributed by atoms with E-state index in [-0.39, 0.29) is 5.92 Å². The van der Waals surface area contributed by atoms with E-state index in [1.807, 2.05) is 0 Å². The van der Waals surface area contributed by atoms with Crippen molar-refractivity contribution >= 4 is 0 Å². The van der Waals surface area contributed by atoms with E-state index >= 15 is 0 Å². The molecule has 0 bridgehead atoms. The van der Waals surface area contributed by atoms with Gasteiger partial charge in [0, 0.05) is 6.54 Å². The fourth-order valence-electron chi connectivity index (χ4n) is 2.58. The summed E-state index contributed by atoms with van der Waals surface area (Å²) in [5.41, 5.74) is 0. The average molecular weight is 251 g/mol. The summed E-state index contributed by atoms with van der Waals surface area (Å²) in [7, 11) is 4.37. The summed E-state index contributed by atoms with van der Waals surface area (Å²) in [5, 5.41) is 9.11. The van der Waals surface area contributed by atoms with Gasteiger partial charge < -0.3 is 9.80 Å². The van der Waals surface area contributed by atoms with Gasteiger partial charge in [-0.1, -0.05) is 13.8 Å². The molecule has 1 unspecified atom stereocenters. The molecule has 1 atom stereocenters. The van der Waals surface area contributed by atoms with Gasteiger partial charge in [0.05, 0.1) is 12.0 Å². The molecule has 1 aliphatic rings. The second-order valence-electron chi connectivity index (χ2n) is 6.28. The van der Waals surface area contributed by atoms with Crippen molar-refractivity contribution in [2.24, 2.45) is 17.8 Å². The molecule has 1 saturated heterocycles. The number of rotatable bonds is 6. The van der Waals surface area contributed by atoms with Crippen LogP contribution < -0.4 is 0 Å². The molecule has 0 radical (unpaired) electrons. The minimum Gasteiger partial charge on any atom is -0.306 e. The molecule has 3 nitrogen and oxygen atoms in total. The minimum atomic E-state index is 0.174. The fourth-order valence-corrected chi connectivity index (χ4v) is 2.58. The zero-order valence-corrected chi connectivity index (χ0v) is 12.5. The Kier molecular flexibility index (Phi) is 6.67. The predicted molar refractivity (Wildman–Crippen MR) is 76.3 cm³/mol. The second-order valence-corrected chi connectivity index (χ2v) is 6.28. The molecule has 18 heavy (non-hydrogen) atoms. The van der Waals surface area contributed by atoms with E-state index in [1.54, 1.807) is 0 Å². The van der Waals surface area contributed by atoms with Crippen LogP contribution in [0.1, 0.15) is 33.1 Å². The molecule has 0 spiro atoms. The highest BCUT2D eigenvalue weighted by atomic mass is 15.1. The third-order valence-corrected chi connectivity index (χ3v) is 4.24. The van der Waals surface area contributed by atoms with Gasteiger partial charge in [0.1, 0.15) is 0 Å². The first kappa shape index (κ1) is 15.5. The molecule has 1 heterocycles. The van der Waals surface area contributed by atoms with Crippen LogP contribution in [0.4, 0.5) is 0 Å². The maximum Gasteiger partial charge on any atom is 0.0671 e. The van der Waals surface area contributed by atoms with Gasteiger partial charge in [0.15, 0.2) is 0 Å². The summed E-state index contributed by atoms with van der Waals surface area (Å²) in [6, 6.07) is 2.43. The molecule has 0 amide bonds. The lowest BCUT2D eigenvalue weighted by Gasteiger charge is -2.30. The number of hydrogen-bond donors (Lipinski definition) is 0. The molecule has 0 saturated carbocycles. The van der Waals surface area contributed by atoms with Gasteiger partial charge in [-0.2, -0.15) is 5.26 Å². The first-order valence-corrected chi connectivity index (χ1v) is 7.29. The molecule has 0 aromatic rings. The van der Waals surface area contributed by atoms with Crippen molar-refractivity contribution in [2.45, 2.75) is 33.1 Å². The first-order chi connectivity index (χ1) is 8.52. The van der Waals surface area contributed by atoms with Gasteiger partial charge >= 0.3 is 0 Å². The third kappa shape index (κ3) is 5.37. The Morgan fingerprint density at radius 3 is 2.44 bits per heavy atom. The summed E-state index contributed by atoms with van der Waals surface area (Å²) in [5.74, 6) is 1.52. The van der Waals surface area contributed by atoms with Gasteiger partial charge in [0.25, 0.3) is 0 Å². The van der Waals surface area contributed by atoms with Crippen molar-refractivity contribution < 1.29 is 0 Å². The van der Waals surface area contributed by atoms with E-state index in [2.05, 4.69) is 43.8 Å². The molecule has 0 N–H and O–H groups in total. The summed E-state index contributed by atoms with van der Waals surface area (Å²) >= 11 is 0. The van der Waals surface area contributed by atoms with Crippen molar-refractivity contribution in [2.75, 3.05) is 40.3 Å².